The predicted octanol–water partition coefficient (Wildman–Crippen LogP) is 2.61. The summed E-state index contributed by atoms with van der Waals surface area (Å²) in [5.74, 6) is -2.01. The summed E-state index contributed by atoms with van der Waals surface area (Å²) in [6.45, 7) is -3.21. The van der Waals surface area contributed by atoms with Gasteiger partial charge in [-0.05, 0) is 12.1 Å². The van der Waals surface area contributed by atoms with Gasteiger partial charge in [-0.3, -0.25) is 0 Å². The van der Waals surface area contributed by atoms with Crippen molar-refractivity contribution in [2.75, 3.05) is 18.9 Å². The van der Waals surface area contributed by atoms with Crippen molar-refractivity contribution in [3.63, 3.8) is 0 Å². The highest BCUT2D eigenvalue weighted by atomic mass is 35.5. The zero-order chi connectivity index (χ0) is 23.8. The number of fused-ring (bicyclic) bond motifs is 1. The molecule has 3 heterocycles. The summed E-state index contributed by atoms with van der Waals surface area (Å²) in [7, 11) is -2.02. The van der Waals surface area contributed by atoms with Crippen LogP contribution in [0.3, 0.4) is 0 Å². The van der Waals surface area contributed by atoms with Crippen LogP contribution in [0.1, 0.15) is 0 Å². The fourth-order valence-electron chi connectivity index (χ4n) is 2.98. The summed E-state index contributed by atoms with van der Waals surface area (Å²) in [5.41, 5.74) is 0.699. The van der Waals surface area contributed by atoms with E-state index in [1.165, 1.54) is 35.5 Å². The molecule has 0 aliphatic heterocycles. The molecule has 0 bridgehead atoms. The lowest BCUT2D eigenvalue weighted by molar-refractivity contribution is -0.0533. The van der Waals surface area contributed by atoms with E-state index in [1.54, 1.807) is 0 Å². The standard InChI is InChI=1S/C17H14ClF2N7O5S/c1-30-14-13(32-16(19)20)15(31-2)25-17(24-14)26-33(28,29)10-7-21-11-8(10)3-4-9(18)12(11)27-22-5-6-23-27/h3-7,16,21H,1-2H3,(H,24,25,26). The number of H-pyrrole nitrogens is 1. The first-order valence-electron chi connectivity index (χ1n) is 8.89. The first-order valence-corrected chi connectivity index (χ1v) is 10.7. The van der Waals surface area contributed by atoms with Crippen LogP contribution in [0.25, 0.3) is 16.6 Å². The van der Waals surface area contributed by atoms with E-state index in [2.05, 4.69) is 34.6 Å². The summed E-state index contributed by atoms with van der Waals surface area (Å²) in [4.78, 5) is 11.5. The minimum Gasteiger partial charge on any atom is -0.478 e. The number of rotatable bonds is 8. The third-order valence-electron chi connectivity index (χ3n) is 4.27. The van der Waals surface area contributed by atoms with Crippen molar-refractivity contribution < 1.29 is 31.4 Å². The monoisotopic (exact) mass is 501 g/mol. The molecule has 3 aromatic heterocycles. The number of halogens is 3. The van der Waals surface area contributed by atoms with E-state index in [1.807, 2.05) is 0 Å². The van der Waals surface area contributed by atoms with Crippen LogP contribution in [0.15, 0.2) is 35.6 Å². The summed E-state index contributed by atoms with van der Waals surface area (Å²) >= 11 is 6.27. The molecule has 0 aliphatic rings. The fraction of sp³-hybridized carbons (Fsp3) is 0.176. The molecule has 33 heavy (non-hydrogen) atoms. The number of ether oxygens (including phenoxy) is 3. The number of aromatic nitrogens is 6. The largest absolute Gasteiger partial charge is 0.478 e. The number of benzene rings is 1. The van der Waals surface area contributed by atoms with Crippen LogP contribution in [-0.2, 0) is 10.0 Å². The number of hydrogen-bond donors (Lipinski definition) is 2. The lowest BCUT2D eigenvalue weighted by Crippen LogP contribution is -2.16. The Morgan fingerprint density at radius 2 is 1.76 bits per heavy atom. The first kappa shape index (κ1) is 22.5. The van der Waals surface area contributed by atoms with Gasteiger partial charge in [0.2, 0.25) is 11.7 Å². The van der Waals surface area contributed by atoms with Crippen molar-refractivity contribution in [3.05, 3.63) is 35.7 Å². The van der Waals surface area contributed by atoms with Gasteiger partial charge in [0.05, 0.1) is 37.2 Å². The van der Waals surface area contributed by atoms with Gasteiger partial charge < -0.3 is 19.2 Å². The second-order valence-corrected chi connectivity index (χ2v) is 8.23. The molecule has 4 aromatic rings. The van der Waals surface area contributed by atoms with Gasteiger partial charge in [-0.1, -0.05) is 11.6 Å². The molecule has 0 radical (unpaired) electrons. The van der Waals surface area contributed by atoms with Crippen LogP contribution in [0.5, 0.6) is 17.5 Å². The third kappa shape index (κ3) is 4.19. The number of sulfonamides is 1. The van der Waals surface area contributed by atoms with Crippen molar-refractivity contribution >= 4 is 38.5 Å². The Kier molecular flexibility index (Phi) is 5.90. The summed E-state index contributed by atoms with van der Waals surface area (Å²) in [5, 5.41) is 8.61. The normalized spacial score (nSPS) is 11.7. The van der Waals surface area contributed by atoms with Crippen LogP contribution in [0, 0.1) is 0 Å². The zero-order valence-electron chi connectivity index (χ0n) is 16.8. The Morgan fingerprint density at radius 3 is 2.33 bits per heavy atom. The summed E-state index contributed by atoms with van der Waals surface area (Å²) in [6.07, 6.45) is 4.12. The third-order valence-corrected chi connectivity index (χ3v) is 5.95. The second kappa shape index (κ2) is 8.67. The van der Waals surface area contributed by atoms with Gasteiger partial charge in [0, 0.05) is 11.6 Å². The van der Waals surface area contributed by atoms with E-state index in [0.29, 0.717) is 11.2 Å². The molecule has 16 heteroatoms. The van der Waals surface area contributed by atoms with Crippen LogP contribution in [0.4, 0.5) is 14.7 Å². The average Bonchev–Trinajstić information content (AvgIpc) is 3.44. The molecule has 174 valence electrons. The molecule has 0 saturated heterocycles. The van der Waals surface area contributed by atoms with Crippen molar-refractivity contribution in [2.24, 2.45) is 0 Å². The van der Waals surface area contributed by atoms with Crippen molar-refractivity contribution in [1.29, 1.82) is 0 Å². The fourth-order valence-corrected chi connectivity index (χ4v) is 4.33. The second-order valence-electron chi connectivity index (χ2n) is 6.17. The predicted molar refractivity (Wildman–Crippen MR) is 111 cm³/mol. The Morgan fingerprint density at radius 1 is 1.12 bits per heavy atom. The molecule has 0 fully saturated rings. The van der Waals surface area contributed by atoms with Gasteiger partial charge in [-0.25, -0.2) is 13.1 Å². The number of nitrogens with one attached hydrogen (secondary N) is 2. The number of aromatic amines is 1. The molecule has 2 N–H and O–H groups in total. The van der Waals surface area contributed by atoms with Crippen LogP contribution in [0.2, 0.25) is 5.02 Å². The Bertz CT molecular complexity index is 1390. The summed E-state index contributed by atoms with van der Waals surface area (Å²) < 4.78 is 67.9. The van der Waals surface area contributed by atoms with Gasteiger partial charge in [-0.2, -0.15) is 28.9 Å². The highest BCUT2D eigenvalue weighted by molar-refractivity contribution is 7.93. The molecule has 12 nitrogen and oxygen atoms in total. The molecule has 4 rings (SSSR count). The van der Waals surface area contributed by atoms with Crippen molar-refractivity contribution in [2.45, 2.75) is 11.5 Å². The Hall–Kier alpha value is -3.72. The lowest BCUT2D eigenvalue weighted by Gasteiger charge is -2.14. The van der Waals surface area contributed by atoms with Crippen LogP contribution in [-0.4, -0.2) is 59.2 Å². The maximum atomic E-state index is 13.1. The van der Waals surface area contributed by atoms with Gasteiger partial charge in [0.1, 0.15) is 10.6 Å². The molecule has 1 aromatic carbocycles. The van der Waals surface area contributed by atoms with Gasteiger partial charge >= 0.3 is 6.61 Å². The smallest absolute Gasteiger partial charge is 0.387 e. The molecule has 0 saturated carbocycles. The van der Waals surface area contributed by atoms with Crippen LogP contribution >= 0.6 is 11.6 Å². The lowest BCUT2D eigenvalue weighted by atomic mass is 10.2. The molecule has 0 spiro atoms. The summed E-state index contributed by atoms with van der Waals surface area (Å²) in [6, 6.07) is 2.99. The van der Waals surface area contributed by atoms with E-state index >= 15 is 0 Å². The van der Waals surface area contributed by atoms with E-state index in [9.17, 15) is 17.2 Å². The molecular weight excluding hydrogens is 488 g/mol. The number of nitrogens with zero attached hydrogens (tertiary/aromatic N) is 5. The van der Waals surface area contributed by atoms with Gasteiger partial charge in [0.15, 0.2) is 0 Å². The van der Waals surface area contributed by atoms with E-state index < -0.39 is 40.1 Å². The highest BCUT2D eigenvalue weighted by Crippen LogP contribution is 2.37. The quantitative estimate of drug-likeness (QED) is 0.372. The minimum absolute atomic E-state index is 0.169. The van der Waals surface area contributed by atoms with Gasteiger partial charge in [0.25, 0.3) is 21.8 Å². The number of alkyl halides is 2. The number of hydrogen-bond acceptors (Lipinski definition) is 9. The van der Waals surface area contributed by atoms with E-state index in [-0.39, 0.29) is 15.3 Å². The topological polar surface area (TPSA) is 146 Å². The molecule has 0 aliphatic carbocycles. The SMILES string of the molecule is COc1nc(NS(=O)(=O)c2c[nH]c3c(-n4nccn4)c(Cl)ccc23)nc(OC)c1OC(F)F. The van der Waals surface area contributed by atoms with Crippen molar-refractivity contribution in [3.8, 4) is 23.2 Å². The maximum absolute atomic E-state index is 13.1. The molecular formula is C17H14ClF2N7O5S. The van der Waals surface area contributed by atoms with E-state index in [4.69, 9.17) is 21.1 Å². The molecule has 0 amide bonds. The first-order chi connectivity index (χ1) is 15.7. The maximum Gasteiger partial charge on any atom is 0.387 e. The van der Waals surface area contributed by atoms with Crippen LogP contribution < -0.4 is 18.9 Å². The molecule has 0 unspecified atom stereocenters. The molecule has 0 atom stereocenters. The minimum atomic E-state index is -4.28. The average molecular weight is 502 g/mol. The zero-order valence-corrected chi connectivity index (χ0v) is 18.4. The van der Waals surface area contributed by atoms with Gasteiger partial charge in [-0.15, -0.1) is 4.80 Å². The van der Waals surface area contributed by atoms with E-state index in [0.717, 1.165) is 14.2 Å². The highest BCUT2D eigenvalue weighted by Gasteiger charge is 2.26. The number of methoxy groups -OCH3 is 2. The Balaban J connectivity index is 1.77. The Labute approximate surface area is 189 Å². The van der Waals surface area contributed by atoms with Crippen molar-refractivity contribution in [1.82, 2.24) is 29.9 Å². The number of anilines is 1.